The maximum Gasteiger partial charge on any atom is 0.261 e. The van der Waals surface area contributed by atoms with Crippen molar-refractivity contribution in [3.8, 4) is 0 Å². The highest BCUT2D eigenvalue weighted by atomic mass is 32.2. The highest BCUT2D eigenvalue weighted by molar-refractivity contribution is 7.88. The topological polar surface area (TPSA) is 110 Å². The highest BCUT2D eigenvalue weighted by Crippen LogP contribution is 2.12. The van der Waals surface area contributed by atoms with Crippen LogP contribution in [0.15, 0.2) is 66.0 Å². The molecule has 8 nitrogen and oxygen atoms in total. The smallest absolute Gasteiger partial charge is 0.261 e. The molecule has 1 heterocycles. The summed E-state index contributed by atoms with van der Waals surface area (Å²) in [4.78, 5) is 29.5. The molecule has 0 atom stereocenters. The number of rotatable bonds is 8. The van der Waals surface area contributed by atoms with Gasteiger partial charge in [0, 0.05) is 12.2 Å². The van der Waals surface area contributed by atoms with Gasteiger partial charge in [-0.15, -0.1) is 6.58 Å². The molecule has 0 saturated carbocycles. The van der Waals surface area contributed by atoms with Crippen LogP contribution in [0.3, 0.4) is 0 Å². The van der Waals surface area contributed by atoms with Gasteiger partial charge in [0.1, 0.15) is 12.4 Å². The zero-order chi connectivity index (χ0) is 21.7. The fraction of sp³-hybridized carbons (Fsp3) is 0.190. The zero-order valence-electron chi connectivity index (χ0n) is 16.5. The van der Waals surface area contributed by atoms with Crippen LogP contribution in [0.5, 0.6) is 0 Å². The minimum absolute atomic E-state index is 0.166. The first kappa shape index (κ1) is 21.4. The van der Waals surface area contributed by atoms with Crippen molar-refractivity contribution in [3.63, 3.8) is 0 Å². The zero-order valence-corrected chi connectivity index (χ0v) is 17.3. The first-order valence-corrected chi connectivity index (χ1v) is 10.9. The summed E-state index contributed by atoms with van der Waals surface area (Å²) in [7, 11) is -3.45. The average Bonchev–Trinajstić information content (AvgIpc) is 2.71. The van der Waals surface area contributed by atoms with Crippen LogP contribution in [-0.2, 0) is 27.1 Å². The molecule has 2 aromatic carbocycles. The molecule has 3 rings (SSSR count). The van der Waals surface area contributed by atoms with Crippen LogP contribution in [-0.4, -0.2) is 30.4 Å². The van der Waals surface area contributed by atoms with Crippen LogP contribution in [0.4, 0.5) is 5.69 Å². The second-order valence-corrected chi connectivity index (χ2v) is 8.52. The van der Waals surface area contributed by atoms with Gasteiger partial charge in [0.2, 0.25) is 15.9 Å². The van der Waals surface area contributed by atoms with Crippen molar-refractivity contribution in [3.05, 3.63) is 82.9 Å². The molecule has 0 radical (unpaired) electrons. The largest absolute Gasteiger partial charge is 0.325 e. The Kier molecular flexibility index (Phi) is 6.43. The normalized spacial score (nSPS) is 11.4. The summed E-state index contributed by atoms with van der Waals surface area (Å²) in [5.74, 6) is -0.112. The molecule has 1 aromatic heterocycles. The second-order valence-electron chi connectivity index (χ2n) is 6.71. The standard InChI is InChI=1S/C21H22N4O4S/c1-3-12-22-30(28,29)14-16-8-10-17(11-9-16)24-20(26)13-25-15(2)23-19-7-5-4-6-18(19)21(25)27/h3-11,22H,1,12-14H2,2H3,(H,24,26). The summed E-state index contributed by atoms with van der Waals surface area (Å²) in [5.41, 5.74) is 1.39. The summed E-state index contributed by atoms with van der Waals surface area (Å²) in [6.07, 6.45) is 1.47. The van der Waals surface area contributed by atoms with Gasteiger partial charge in [0.25, 0.3) is 5.56 Å². The van der Waals surface area contributed by atoms with Crippen LogP contribution >= 0.6 is 0 Å². The van der Waals surface area contributed by atoms with E-state index in [4.69, 9.17) is 0 Å². The monoisotopic (exact) mass is 426 g/mol. The number of anilines is 1. The van der Waals surface area contributed by atoms with Crippen LogP contribution in [0.1, 0.15) is 11.4 Å². The molecule has 2 N–H and O–H groups in total. The van der Waals surface area contributed by atoms with Crippen molar-refractivity contribution < 1.29 is 13.2 Å². The first-order chi connectivity index (χ1) is 14.3. The fourth-order valence-electron chi connectivity index (χ4n) is 2.95. The molecular formula is C21H22N4O4S. The molecule has 0 aliphatic rings. The average molecular weight is 426 g/mol. The number of fused-ring (bicyclic) bond motifs is 1. The number of aromatic nitrogens is 2. The molecule has 0 fully saturated rings. The van der Waals surface area contributed by atoms with Crippen LogP contribution < -0.4 is 15.6 Å². The molecule has 0 unspecified atom stereocenters. The van der Waals surface area contributed by atoms with E-state index in [1.54, 1.807) is 55.5 Å². The molecule has 1 amide bonds. The Morgan fingerprint density at radius 3 is 2.57 bits per heavy atom. The number of aryl methyl sites for hydroxylation is 1. The summed E-state index contributed by atoms with van der Waals surface area (Å²) in [6.45, 7) is 5.14. The van der Waals surface area contributed by atoms with Crippen molar-refractivity contribution in [2.24, 2.45) is 0 Å². The predicted molar refractivity (Wildman–Crippen MR) is 117 cm³/mol. The van der Waals surface area contributed by atoms with Gasteiger partial charge in [-0.3, -0.25) is 14.2 Å². The maximum atomic E-state index is 12.7. The van der Waals surface area contributed by atoms with Gasteiger partial charge in [-0.25, -0.2) is 18.1 Å². The van der Waals surface area contributed by atoms with E-state index in [0.717, 1.165) is 0 Å². The lowest BCUT2D eigenvalue weighted by atomic mass is 10.2. The Morgan fingerprint density at radius 2 is 1.87 bits per heavy atom. The summed E-state index contributed by atoms with van der Waals surface area (Å²) >= 11 is 0. The third-order valence-corrected chi connectivity index (χ3v) is 5.72. The van der Waals surface area contributed by atoms with Gasteiger partial charge in [-0.2, -0.15) is 0 Å². The van der Waals surface area contributed by atoms with E-state index >= 15 is 0 Å². The van der Waals surface area contributed by atoms with E-state index in [1.807, 2.05) is 0 Å². The minimum Gasteiger partial charge on any atom is -0.325 e. The number of carbonyl (C=O) groups is 1. The number of amides is 1. The maximum absolute atomic E-state index is 12.7. The minimum atomic E-state index is -3.45. The van der Waals surface area contributed by atoms with Gasteiger partial charge in [-0.1, -0.05) is 30.3 Å². The SMILES string of the molecule is C=CCNS(=O)(=O)Cc1ccc(NC(=O)Cn2c(C)nc3ccccc3c2=O)cc1. The van der Waals surface area contributed by atoms with Gasteiger partial charge in [0.05, 0.1) is 16.7 Å². The lowest BCUT2D eigenvalue weighted by molar-refractivity contribution is -0.116. The van der Waals surface area contributed by atoms with E-state index < -0.39 is 10.0 Å². The molecule has 30 heavy (non-hydrogen) atoms. The van der Waals surface area contributed by atoms with Crippen LogP contribution in [0, 0.1) is 6.92 Å². The van der Waals surface area contributed by atoms with E-state index in [9.17, 15) is 18.0 Å². The number of carbonyl (C=O) groups excluding carboxylic acids is 1. The molecular weight excluding hydrogens is 404 g/mol. The summed E-state index contributed by atoms with van der Waals surface area (Å²) < 4.78 is 27.6. The van der Waals surface area contributed by atoms with Crippen LogP contribution in [0.25, 0.3) is 10.9 Å². The van der Waals surface area contributed by atoms with Crippen molar-refractivity contribution in [2.45, 2.75) is 19.2 Å². The van der Waals surface area contributed by atoms with Crippen molar-refractivity contribution in [1.82, 2.24) is 14.3 Å². The lowest BCUT2D eigenvalue weighted by Crippen LogP contribution is -2.30. The van der Waals surface area contributed by atoms with Crippen molar-refractivity contribution in [2.75, 3.05) is 11.9 Å². The van der Waals surface area contributed by atoms with E-state index in [2.05, 4.69) is 21.6 Å². The highest BCUT2D eigenvalue weighted by Gasteiger charge is 2.13. The number of nitrogens with zero attached hydrogens (tertiary/aromatic N) is 2. The molecule has 0 aliphatic carbocycles. The van der Waals surface area contributed by atoms with Gasteiger partial charge in [-0.05, 0) is 36.8 Å². The first-order valence-electron chi connectivity index (χ1n) is 9.22. The molecule has 156 valence electrons. The third kappa shape index (κ3) is 5.19. The number of sulfonamides is 1. The van der Waals surface area contributed by atoms with Crippen molar-refractivity contribution in [1.29, 1.82) is 0 Å². The molecule has 3 aromatic rings. The molecule has 0 saturated heterocycles. The van der Waals surface area contributed by atoms with E-state index in [-0.39, 0.29) is 30.3 Å². The Hall–Kier alpha value is -3.30. The number of hydrogen-bond acceptors (Lipinski definition) is 5. The lowest BCUT2D eigenvalue weighted by Gasteiger charge is -2.11. The number of benzene rings is 2. The molecule has 0 bridgehead atoms. The van der Waals surface area contributed by atoms with Gasteiger partial charge < -0.3 is 5.32 Å². The number of hydrogen-bond donors (Lipinski definition) is 2. The van der Waals surface area contributed by atoms with E-state index in [1.165, 1.54) is 10.6 Å². The van der Waals surface area contributed by atoms with Crippen LogP contribution in [0.2, 0.25) is 0 Å². The second kappa shape index (κ2) is 9.02. The van der Waals surface area contributed by atoms with Gasteiger partial charge >= 0.3 is 0 Å². The molecule has 9 heteroatoms. The Balaban J connectivity index is 1.69. The fourth-order valence-corrected chi connectivity index (χ4v) is 4.06. The summed E-state index contributed by atoms with van der Waals surface area (Å²) in [5, 5.41) is 3.16. The number of para-hydroxylation sites is 1. The van der Waals surface area contributed by atoms with Crippen molar-refractivity contribution >= 4 is 32.5 Å². The van der Waals surface area contributed by atoms with Gasteiger partial charge in [0.15, 0.2) is 0 Å². The summed E-state index contributed by atoms with van der Waals surface area (Å²) in [6, 6.07) is 13.5. The molecule has 0 aliphatic heterocycles. The third-order valence-electron chi connectivity index (χ3n) is 4.40. The van der Waals surface area contributed by atoms with E-state index in [0.29, 0.717) is 28.0 Å². The quantitative estimate of drug-likeness (QED) is 0.535. The number of nitrogens with one attached hydrogen (secondary N) is 2. The Bertz CT molecular complexity index is 1250. The Morgan fingerprint density at radius 1 is 1.17 bits per heavy atom. The molecule has 0 spiro atoms. The predicted octanol–water partition coefficient (Wildman–Crippen LogP) is 1.95. The Labute approximate surface area is 174 Å².